The van der Waals surface area contributed by atoms with E-state index in [1.54, 1.807) is 0 Å². The molecule has 19 heavy (non-hydrogen) atoms. The van der Waals surface area contributed by atoms with E-state index in [2.05, 4.69) is 43.2 Å². The molecule has 1 aliphatic rings. The number of nitrogens with one attached hydrogen (secondary N) is 2. The molecule has 0 aromatic rings. The minimum atomic E-state index is -0.00322. The number of likely N-dealkylation sites (tertiary alicyclic amines) is 1. The van der Waals surface area contributed by atoms with Crippen molar-refractivity contribution in [1.29, 1.82) is 0 Å². The molecular formula is C15H31N3O. The largest absolute Gasteiger partial charge is 0.355 e. The van der Waals surface area contributed by atoms with Crippen molar-refractivity contribution in [2.24, 2.45) is 5.92 Å². The van der Waals surface area contributed by atoms with Crippen molar-refractivity contribution in [2.45, 2.75) is 52.5 Å². The summed E-state index contributed by atoms with van der Waals surface area (Å²) in [6.45, 7) is 13.2. The first-order valence-corrected chi connectivity index (χ1v) is 7.61. The van der Waals surface area contributed by atoms with Crippen LogP contribution in [0.1, 0.15) is 47.0 Å². The van der Waals surface area contributed by atoms with Crippen LogP contribution in [0.25, 0.3) is 0 Å². The lowest BCUT2D eigenvalue weighted by Crippen LogP contribution is -2.45. The van der Waals surface area contributed by atoms with Gasteiger partial charge >= 0.3 is 0 Å². The van der Waals surface area contributed by atoms with Gasteiger partial charge in [0.15, 0.2) is 0 Å². The molecule has 1 amide bonds. The molecule has 1 unspecified atom stereocenters. The zero-order valence-electron chi connectivity index (χ0n) is 13.1. The number of hydrogen-bond donors (Lipinski definition) is 2. The first-order chi connectivity index (χ1) is 8.87. The first kappa shape index (κ1) is 16.4. The maximum Gasteiger partial charge on any atom is 0.233 e. The van der Waals surface area contributed by atoms with Crippen molar-refractivity contribution >= 4 is 5.91 Å². The molecule has 1 fully saturated rings. The molecule has 0 bridgehead atoms. The van der Waals surface area contributed by atoms with E-state index in [1.807, 2.05) is 0 Å². The van der Waals surface area contributed by atoms with Crippen LogP contribution in [0.2, 0.25) is 0 Å². The molecule has 0 aromatic heterocycles. The fourth-order valence-electron chi connectivity index (χ4n) is 2.34. The van der Waals surface area contributed by atoms with Crippen LogP contribution in [-0.2, 0) is 4.79 Å². The summed E-state index contributed by atoms with van der Waals surface area (Å²) in [5.74, 6) is 0.622. The Labute approximate surface area is 118 Å². The standard InChI is InChI=1S/C15H31N3O/c1-13(12-18-8-6-5-7-9-18)10-16-14(19)11-17-15(2,3)4/h13,17H,5-12H2,1-4H3,(H,16,19). The van der Waals surface area contributed by atoms with Crippen LogP contribution in [0.5, 0.6) is 0 Å². The number of carbonyl (C=O) groups excluding carboxylic acids is 1. The topological polar surface area (TPSA) is 44.4 Å². The fraction of sp³-hybridized carbons (Fsp3) is 0.933. The van der Waals surface area contributed by atoms with E-state index in [4.69, 9.17) is 0 Å². The highest BCUT2D eigenvalue weighted by molar-refractivity contribution is 5.78. The quantitative estimate of drug-likeness (QED) is 0.770. The van der Waals surface area contributed by atoms with Gasteiger partial charge in [-0.05, 0) is 52.6 Å². The van der Waals surface area contributed by atoms with Gasteiger partial charge in [0.25, 0.3) is 0 Å². The summed E-state index contributed by atoms with van der Waals surface area (Å²) < 4.78 is 0. The summed E-state index contributed by atoms with van der Waals surface area (Å²) in [5, 5.41) is 6.22. The normalized spacial score (nSPS) is 19.2. The monoisotopic (exact) mass is 269 g/mol. The van der Waals surface area contributed by atoms with Crippen molar-refractivity contribution in [3.05, 3.63) is 0 Å². The van der Waals surface area contributed by atoms with E-state index in [1.165, 1.54) is 32.4 Å². The summed E-state index contributed by atoms with van der Waals surface area (Å²) in [4.78, 5) is 14.2. The summed E-state index contributed by atoms with van der Waals surface area (Å²) >= 11 is 0. The summed E-state index contributed by atoms with van der Waals surface area (Å²) in [7, 11) is 0. The van der Waals surface area contributed by atoms with Crippen molar-refractivity contribution in [3.63, 3.8) is 0 Å². The number of amides is 1. The summed E-state index contributed by atoms with van der Waals surface area (Å²) in [6.07, 6.45) is 4.03. The molecule has 4 nitrogen and oxygen atoms in total. The first-order valence-electron chi connectivity index (χ1n) is 7.61. The average molecular weight is 269 g/mol. The third-order valence-corrected chi connectivity index (χ3v) is 3.45. The van der Waals surface area contributed by atoms with E-state index in [0.29, 0.717) is 12.5 Å². The Hall–Kier alpha value is -0.610. The average Bonchev–Trinajstić information content (AvgIpc) is 2.34. The lowest BCUT2D eigenvalue weighted by Gasteiger charge is -2.29. The van der Waals surface area contributed by atoms with Crippen molar-refractivity contribution in [3.8, 4) is 0 Å². The van der Waals surface area contributed by atoms with Gasteiger partial charge in [0.2, 0.25) is 5.91 Å². The molecule has 0 radical (unpaired) electrons. The van der Waals surface area contributed by atoms with Gasteiger partial charge in [-0.15, -0.1) is 0 Å². The van der Waals surface area contributed by atoms with Crippen LogP contribution in [0.4, 0.5) is 0 Å². The Morgan fingerprint density at radius 3 is 2.42 bits per heavy atom. The fourth-order valence-corrected chi connectivity index (χ4v) is 2.34. The van der Waals surface area contributed by atoms with E-state index in [9.17, 15) is 4.79 Å². The maximum atomic E-state index is 11.7. The minimum absolute atomic E-state index is 0.00322. The number of hydrogen-bond acceptors (Lipinski definition) is 3. The SMILES string of the molecule is CC(CNC(=O)CNC(C)(C)C)CN1CCCCC1. The molecule has 0 spiro atoms. The summed E-state index contributed by atoms with van der Waals surface area (Å²) in [5.41, 5.74) is -0.00322. The molecule has 0 aromatic carbocycles. The second-order valence-electron chi connectivity index (χ2n) is 6.87. The summed E-state index contributed by atoms with van der Waals surface area (Å²) in [6, 6.07) is 0. The third-order valence-electron chi connectivity index (χ3n) is 3.45. The predicted octanol–water partition coefficient (Wildman–Crippen LogP) is 1.61. The molecule has 0 saturated carbocycles. The van der Waals surface area contributed by atoms with Gasteiger partial charge in [-0.1, -0.05) is 13.3 Å². The second kappa shape index (κ2) is 7.85. The predicted molar refractivity (Wildman–Crippen MR) is 80.2 cm³/mol. The van der Waals surface area contributed by atoms with Crippen LogP contribution < -0.4 is 10.6 Å². The van der Waals surface area contributed by atoms with Crippen molar-refractivity contribution in [1.82, 2.24) is 15.5 Å². The Morgan fingerprint density at radius 1 is 1.21 bits per heavy atom. The van der Waals surface area contributed by atoms with Gasteiger partial charge in [0.1, 0.15) is 0 Å². The number of carbonyl (C=O) groups is 1. The minimum Gasteiger partial charge on any atom is -0.355 e. The lowest BCUT2D eigenvalue weighted by molar-refractivity contribution is -0.120. The van der Waals surface area contributed by atoms with Gasteiger partial charge in [0, 0.05) is 18.6 Å². The Bertz CT molecular complexity index is 267. The third kappa shape index (κ3) is 8.22. The highest BCUT2D eigenvalue weighted by Gasteiger charge is 2.15. The van der Waals surface area contributed by atoms with Crippen LogP contribution in [0.15, 0.2) is 0 Å². The molecule has 4 heteroatoms. The second-order valence-corrected chi connectivity index (χ2v) is 6.87. The molecule has 1 saturated heterocycles. The lowest BCUT2D eigenvalue weighted by atomic mass is 10.1. The number of nitrogens with zero attached hydrogens (tertiary/aromatic N) is 1. The van der Waals surface area contributed by atoms with Crippen molar-refractivity contribution in [2.75, 3.05) is 32.7 Å². The van der Waals surface area contributed by atoms with Gasteiger partial charge in [-0.3, -0.25) is 4.79 Å². The van der Waals surface area contributed by atoms with Gasteiger partial charge in [-0.2, -0.15) is 0 Å². The van der Waals surface area contributed by atoms with Crippen LogP contribution in [0, 0.1) is 5.92 Å². The van der Waals surface area contributed by atoms with Crippen LogP contribution >= 0.6 is 0 Å². The molecular weight excluding hydrogens is 238 g/mol. The van der Waals surface area contributed by atoms with Gasteiger partial charge in [0.05, 0.1) is 6.54 Å². The zero-order valence-corrected chi connectivity index (χ0v) is 13.1. The Morgan fingerprint density at radius 2 is 1.84 bits per heavy atom. The van der Waals surface area contributed by atoms with Gasteiger partial charge < -0.3 is 15.5 Å². The number of rotatable bonds is 6. The molecule has 2 N–H and O–H groups in total. The molecule has 1 atom stereocenters. The number of piperidine rings is 1. The van der Waals surface area contributed by atoms with E-state index >= 15 is 0 Å². The smallest absolute Gasteiger partial charge is 0.233 e. The Balaban J connectivity index is 2.11. The van der Waals surface area contributed by atoms with Crippen LogP contribution in [-0.4, -0.2) is 49.1 Å². The molecule has 1 heterocycles. The molecule has 1 rings (SSSR count). The van der Waals surface area contributed by atoms with Crippen LogP contribution in [0.3, 0.4) is 0 Å². The van der Waals surface area contributed by atoms with E-state index in [-0.39, 0.29) is 11.4 Å². The highest BCUT2D eigenvalue weighted by atomic mass is 16.1. The molecule has 112 valence electrons. The molecule has 1 aliphatic heterocycles. The van der Waals surface area contributed by atoms with E-state index in [0.717, 1.165) is 13.1 Å². The van der Waals surface area contributed by atoms with Gasteiger partial charge in [-0.25, -0.2) is 0 Å². The molecule has 0 aliphatic carbocycles. The van der Waals surface area contributed by atoms with E-state index < -0.39 is 0 Å². The Kier molecular flexibility index (Phi) is 6.80. The van der Waals surface area contributed by atoms with Crippen molar-refractivity contribution < 1.29 is 4.79 Å². The highest BCUT2D eigenvalue weighted by Crippen LogP contribution is 2.10. The maximum absolute atomic E-state index is 11.7. The zero-order chi connectivity index (χ0) is 14.3.